The molecule has 0 aliphatic carbocycles. The Hall–Kier alpha value is -0.610. The van der Waals surface area contributed by atoms with E-state index in [2.05, 4.69) is 17.1 Å². The van der Waals surface area contributed by atoms with E-state index in [0.29, 0.717) is 5.92 Å². The van der Waals surface area contributed by atoms with Crippen molar-refractivity contribution >= 4 is 5.91 Å². The number of hydrogen-bond acceptors (Lipinski definition) is 3. The summed E-state index contributed by atoms with van der Waals surface area (Å²) in [7, 11) is 0. The van der Waals surface area contributed by atoms with Gasteiger partial charge in [-0.1, -0.05) is 13.8 Å². The minimum absolute atomic E-state index is 0.0858. The second kappa shape index (κ2) is 5.32. The van der Waals surface area contributed by atoms with Gasteiger partial charge in [-0.25, -0.2) is 0 Å². The van der Waals surface area contributed by atoms with Crippen molar-refractivity contribution < 1.29 is 4.79 Å². The van der Waals surface area contributed by atoms with E-state index in [-0.39, 0.29) is 11.9 Å². The number of rotatable bonds is 3. The molecule has 1 amide bonds. The highest BCUT2D eigenvalue weighted by molar-refractivity contribution is 5.79. The van der Waals surface area contributed by atoms with Crippen LogP contribution in [0.1, 0.15) is 20.3 Å². The predicted octanol–water partition coefficient (Wildman–Crippen LogP) is -0.208. The van der Waals surface area contributed by atoms with Gasteiger partial charge < -0.3 is 11.1 Å². The molecule has 1 heterocycles. The van der Waals surface area contributed by atoms with Crippen molar-refractivity contribution in [2.24, 2.45) is 11.7 Å². The van der Waals surface area contributed by atoms with Crippen molar-refractivity contribution in [1.29, 1.82) is 0 Å². The Bertz CT molecular complexity index is 196. The molecule has 2 atom stereocenters. The van der Waals surface area contributed by atoms with Gasteiger partial charge in [0.1, 0.15) is 0 Å². The predicted molar refractivity (Wildman–Crippen MR) is 56.9 cm³/mol. The van der Waals surface area contributed by atoms with Crippen LogP contribution in [0.25, 0.3) is 0 Å². The van der Waals surface area contributed by atoms with Crippen molar-refractivity contribution in [3.05, 3.63) is 0 Å². The summed E-state index contributed by atoms with van der Waals surface area (Å²) in [4.78, 5) is 13.4. The van der Waals surface area contributed by atoms with Crippen LogP contribution in [0.5, 0.6) is 0 Å². The van der Waals surface area contributed by atoms with Gasteiger partial charge in [-0.2, -0.15) is 0 Å². The fourth-order valence-electron chi connectivity index (χ4n) is 2.05. The van der Waals surface area contributed by atoms with Gasteiger partial charge in [0, 0.05) is 19.6 Å². The van der Waals surface area contributed by atoms with E-state index in [1.54, 1.807) is 0 Å². The van der Waals surface area contributed by atoms with Crippen LogP contribution in [-0.2, 0) is 4.79 Å². The van der Waals surface area contributed by atoms with Gasteiger partial charge in [0.2, 0.25) is 5.91 Å². The zero-order valence-corrected chi connectivity index (χ0v) is 9.12. The van der Waals surface area contributed by atoms with Gasteiger partial charge in [-0.15, -0.1) is 0 Å². The SMILES string of the molecule is CCC(C(N)=O)N1CCNCC(C)C1. The molecular weight excluding hydrogens is 178 g/mol. The molecule has 1 fully saturated rings. The van der Waals surface area contributed by atoms with Crippen molar-refractivity contribution in [2.75, 3.05) is 26.2 Å². The van der Waals surface area contributed by atoms with E-state index < -0.39 is 0 Å². The molecule has 2 unspecified atom stereocenters. The van der Waals surface area contributed by atoms with Gasteiger partial charge in [-0.3, -0.25) is 9.69 Å². The van der Waals surface area contributed by atoms with Crippen LogP contribution in [-0.4, -0.2) is 43.0 Å². The Morgan fingerprint density at radius 3 is 3.00 bits per heavy atom. The van der Waals surface area contributed by atoms with E-state index in [4.69, 9.17) is 5.73 Å². The molecule has 82 valence electrons. The molecule has 0 radical (unpaired) electrons. The second-order valence-corrected chi connectivity index (χ2v) is 4.13. The molecule has 0 saturated carbocycles. The van der Waals surface area contributed by atoms with E-state index >= 15 is 0 Å². The monoisotopic (exact) mass is 199 g/mol. The maximum absolute atomic E-state index is 11.2. The number of carbonyl (C=O) groups is 1. The van der Waals surface area contributed by atoms with Crippen LogP contribution in [0.3, 0.4) is 0 Å². The van der Waals surface area contributed by atoms with Gasteiger partial charge in [0.05, 0.1) is 6.04 Å². The largest absolute Gasteiger partial charge is 0.368 e. The smallest absolute Gasteiger partial charge is 0.234 e. The Balaban J connectivity index is 2.58. The lowest BCUT2D eigenvalue weighted by atomic mass is 10.1. The fraction of sp³-hybridized carbons (Fsp3) is 0.900. The third-order valence-electron chi connectivity index (χ3n) is 2.77. The standard InChI is InChI=1S/C10H21N3O/c1-3-9(10(11)14)13-5-4-12-6-8(2)7-13/h8-9,12H,3-7H2,1-2H3,(H2,11,14). The quantitative estimate of drug-likeness (QED) is 0.661. The molecule has 0 spiro atoms. The number of nitrogens with two attached hydrogens (primary N) is 1. The Morgan fingerprint density at radius 1 is 1.71 bits per heavy atom. The molecule has 1 aliphatic rings. The minimum atomic E-state index is -0.193. The summed E-state index contributed by atoms with van der Waals surface area (Å²) in [5.41, 5.74) is 5.37. The molecule has 4 nitrogen and oxygen atoms in total. The molecular formula is C10H21N3O. The summed E-state index contributed by atoms with van der Waals surface area (Å²) in [5.74, 6) is 0.396. The summed E-state index contributed by atoms with van der Waals surface area (Å²) in [6.07, 6.45) is 0.808. The van der Waals surface area contributed by atoms with E-state index in [0.717, 1.165) is 32.6 Å². The van der Waals surface area contributed by atoms with Crippen LogP contribution in [0, 0.1) is 5.92 Å². The summed E-state index contributed by atoms with van der Waals surface area (Å²) in [5, 5.41) is 3.35. The normalized spacial score (nSPS) is 26.9. The topological polar surface area (TPSA) is 58.4 Å². The first-order chi connectivity index (χ1) is 6.65. The minimum Gasteiger partial charge on any atom is -0.368 e. The lowest BCUT2D eigenvalue weighted by molar-refractivity contribution is -0.123. The summed E-state index contributed by atoms with van der Waals surface area (Å²) >= 11 is 0. The fourth-order valence-corrected chi connectivity index (χ4v) is 2.05. The van der Waals surface area contributed by atoms with Crippen molar-refractivity contribution in [2.45, 2.75) is 26.3 Å². The van der Waals surface area contributed by atoms with E-state index in [1.165, 1.54) is 0 Å². The van der Waals surface area contributed by atoms with E-state index in [1.807, 2.05) is 6.92 Å². The molecule has 0 aromatic carbocycles. The average molecular weight is 199 g/mol. The van der Waals surface area contributed by atoms with Crippen LogP contribution in [0.4, 0.5) is 0 Å². The number of primary amides is 1. The van der Waals surface area contributed by atoms with Gasteiger partial charge in [0.15, 0.2) is 0 Å². The Labute approximate surface area is 85.8 Å². The first-order valence-electron chi connectivity index (χ1n) is 5.39. The number of hydrogen-bond donors (Lipinski definition) is 2. The maximum atomic E-state index is 11.2. The third kappa shape index (κ3) is 2.96. The average Bonchev–Trinajstić information content (AvgIpc) is 2.31. The highest BCUT2D eigenvalue weighted by Crippen LogP contribution is 2.09. The molecule has 4 heteroatoms. The first kappa shape index (κ1) is 11.5. The zero-order valence-electron chi connectivity index (χ0n) is 9.12. The first-order valence-corrected chi connectivity index (χ1v) is 5.39. The second-order valence-electron chi connectivity index (χ2n) is 4.13. The number of carbonyl (C=O) groups excluding carboxylic acids is 1. The summed E-state index contributed by atoms with van der Waals surface area (Å²) in [6, 6.07) is -0.0858. The van der Waals surface area contributed by atoms with Crippen LogP contribution in [0.2, 0.25) is 0 Å². The Kier molecular flexibility index (Phi) is 4.35. The van der Waals surface area contributed by atoms with Crippen LogP contribution >= 0.6 is 0 Å². The number of nitrogens with zero attached hydrogens (tertiary/aromatic N) is 1. The molecule has 0 aromatic heterocycles. The lowest BCUT2D eigenvalue weighted by Gasteiger charge is -2.28. The van der Waals surface area contributed by atoms with Crippen LogP contribution in [0.15, 0.2) is 0 Å². The zero-order chi connectivity index (χ0) is 10.6. The maximum Gasteiger partial charge on any atom is 0.234 e. The molecule has 1 rings (SSSR count). The molecule has 0 bridgehead atoms. The van der Waals surface area contributed by atoms with Gasteiger partial charge >= 0.3 is 0 Å². The highest BCUT2D eigenvalue weighted by Gasteiger charge is 2.24. The summed E-state index contributed by atoms with van der Waals surface area (Å²) in [6.45, 7) is 8.08. The van der Waals surface area contributed by atoms with Gasteiger partial charge in [-0.05, 0) is 18.9 Å². The molecule has 1 aliphatic heterocycles. The van der Waals surface area contributed by atoms with Gasteiger partial charge in [0.25, 0.3) is 0 Å². The molecule has 3 N–H and O–H groups in total. The Morgan fingerprint density at radius 2 is 2.43 bits per heavy atom. The number of nitrogens with one attached hydrogen (secondary N) is 1. The number of amides is 1. The van der Waals surface area contributed by atoms with Crippen molar-refractivity contribution in [3.8, 4) is 0 Å². The van der Waals surface area contributed by atoms with Crippen molar-refractivity contribution in [3.63, 3.8) is 0 Å². The highest BCUT2D eigenvalue weighted by atomic mass is 16.1. The van der Waals surface area contributed by atoms with E-state index in [9.17, 15) is 4.79 Å². The van der Waals surface area contributed by atoms with Crippen molar-refractivity contribution in [1.82, 2.24) is 10.2 Å². The molecule has 14 heavy (non-hydrogen) atoms. The van der Waals surface area contributed by atoms with Crippen LogP contribution < -0.4 is 11.1 Å². The molecule has 0 aromatic rings. The molecule has 1 saturated heterocycles. The lowest BCUT2D eigenvalue weighted by Crippen LogP contribution is -2.46. The summed E-state index contributed by atoms with van der Waals surface area (Å²) < 4.78 is 0. The third-order valence-corrected chi connectivity index (χ3v) is 2.77.